The first-order valence-corrected chi connectivity index (χ1v) is 9.14. The molecule has 3 aromatic carbocycles. The second-order valence-electron chi connectivity index (χ2n) is 6.27. The van der Waals surface area contributed by atoms with E-state index >= 15 is 0 Å². The average molecular weight is 392 g/mol. The van der Waals surface area contributed by atoms with Crippen LogP contribution in [0.3, 0.4) is 0 Å². The molecule has 0 saturated carbocycles. The van der Waals surface area contributed by atoms with E-state index in [1.54, 1.807) is 39.5 Å². The number of methoxy groups -OCH3 is 3. The Labute approximate surface area is 170 Å². The van der Waals surface area contributed by atoms with Gasteiger partial charge in [0.25, 0.3) is 5.91 Å². The zero-order valence-electron chi connectivity index (χ0n) is 16.7. The molecule has 0 aliphatic carbocycles. The Kier molecular flexibility index (Phi) is 6.58. The van der Waals surface area contributed by atoms with E-state index in [1.165, 1.54) is 0 Å². The van der Waals surface area contributed by atoms with Crippen LogP contribution in [0.4, 0.5) is 11.4 Å². The van der Waals surface area contributed by atoms with Crippen LogP contribution in [0.2, 0.25) is 0 Å². The number of benzene rings is 3. The van der Waals surface area contributed by atoms with Gasteiger partial charge < -0.3 is 24.8 Å². The number of carbonyl (C=O) groups excluding carboxylic acids is 1. The molecule has 0 bridgehead atoms. The summed E-state index contributed by atoms with van der Waals surface area (Å²) in [7, 11) is 4.78. The molecule has 150 valence electrons. The Morgan fingerprint density at radius 2 is 1.41 bits per heavy atom. The van der Waals surface area contributed by atoms with Crippen LogP contribution in [0.25, 0.3) is 0 Å². The maximum Gasteiger partial charge on any atom is 0.259 e. The van der Waals surface area contributed by atoms with Gasteiger partial charge in [0.15, 0.2) is 11.5 Å². The van der Waals surface area contributed by atoms with E-state index in [9.17, 15) is 4.79 Å². The summed E-state index contributed by atoms with van der Waals surface area (Å²) in [5, 5.41) is 6.24. The number of nitrogens with one attached hydrogen (secondary N) is 2. The van der Waals surface area contributed by atoms with Crippen molar-refractivity contribution in [3.05, 3.63) is 77.9 Å². The van der Waals surface area contributed by atoms with Gasteiger partial charge in [0.1, 0.15) is 5.75 Å². The minimum absolute atomic E-state index is 0.214. The number of carbonyl (C=O) groups is 1. The molecule has 0 saturated heterocycles. The summed E-state index contributed by atoms with van der Waals surface area (Å²) in [5.74, 6) is 1.72. The van der Waals surface area contributed by atoms with Crippen molar-refractivity contribution in [1.29, 1.82) is 0 Å². The van der Waals surface area contributed by atoms with Crippen molar-refractivity contribution in [1.82, 2.24) is 0 Å². The van der Waals surface area contributed by atoms with E-state index in [0.29, 0.717) is 35.0 Å². The molecule has 3 aromatic rings. The quantitative estimate of drug-likeness (QED) is 0.587. The molecule has 6 nitrogen and oxygen atoms in total. The van der Waals surface area contributed by atoms with Crippen molar-refractivity contribution in [3.63, 3.8) is 0 Å². The minimum Gasteiger partial charge on any atom is -0.496 e. The topological polar surface area (TPSA) is 68.8 Å². The Morgan fingerprint density at radius 3 is 2.10 bits per heavy atom. The van der Waals surface area contributed by atoms with Crippen molar-refractivity contribution < 1.29 is 19.0 Å². The second-order valence-corrected chi connectivity index (χ2v) is 6.27. The SMILES string of the molecule is COc1ccc(CNc2ccc(NC(=O)c3ccccc3OC)cc2)cc1OC. The van der Waals surface area contributed by atoms with Gasteiger partial charge in [-0.15, -0.1) is 0 Å². The molecule has 0 spiro atoms. The maximum absolute atomic E-state index is 12.5. The van der Waals surface area contributed by atoms with E-state index in [-0.39, 0.29) is 5.91 Å². The van der Waals surface area contributed by atoms with E-state index < -0.39 is 0 Å². The molecule has 0 heterocycles. The number of ether oxygens (including phenoxy) is 3. The lowest BCUT2D eigenvalue weighted by Gasteiger charge is -2.12. The molecule has 29 heavy (non-hydrogen) atoms. The number of rotatable bonds is 8. The standard InChI is InChI=1S/C23H24N2O4/c1-27-20-7-5-4-6-19(20)23(26)25-18-11-9-17(10-12-18)24-15-16-8-13-21(28-2)22(14-16)29-3/h4-14,24H,15H2,1-3H3,(H,25,26). The van der Waals surface area contributed by atoms with Crippen LogP contribution in [0.1, 0.15) is 15.9 Å². The summed E-state index contributed by atoms with van der Waals surface area (Å²) in [5.41, 5.74) is 3.20. The molecule has 0 unspecified atom stereocenters. The van der Waals surface area contributed by atoms with E-state index in [1.807, 2.05) is 48.5 Å². The number of anilines is 2. The van der Waals surface area contributed by atoms with Crippen molar-refractivity contribution in [2.75, 3.05) is 32.0 Å². The highest BCUT2D eigenvalue weighted by Gasteiger charge is 2.11. The molecule has 0 atom stereocenters. The largest absolute Gasteiger partial charge is 0.496 e. The summed E-state index contributed by atoms with van der Waals surface area (Å²) in [6.07, 6.45) is 0. The average Bonchev–Trinajstić information content (AvgIpc) is 2.78. The Bertz CT molecular complexity index is 971. The van der Waals surface area contributed by atoms with Gasteiger partial charge in [0, 0.05) is 17.9 Å². The lowest BCUT2D eigenvalue weighted by atomic mass is 10.1. The van der Waals surface area contributed by atoms with Crippen LogP contribution in [0.5, 0.6) is 17.2 Å². The van der Waals surface area contributed by atoms with Crippen LogP contribution in [-0.2, 0) is 6.54 Å². The van der Waals surface area contributed by atoms with Gasteiger partial charge in [0.05, 0.1) is 26.9 Å². The fraction of sp³-hybridized carbons (Fsp3) is 0.174. The van der Waals surface area contributed by atoms with Gasteiger partial charge >= 0.3 is 0 Å². The first-order valence-electron chi connectivity index (χ1n) is 9.14. The van der Waals surface area contributed by atoms with Crippen LogP contribution in [0.15, 0.2) is 66.7 Å². The summed E-state index contributed by atoms with van der Waals surface area (Å²) < 4.78 is 15.8. The summed E-state index contributed by atoms with van der Waals surface area (Å²) in [4.78, 5) is 12.5. The summed E-state index contributed by atoms with van der Waals surface area (Å²) in [6, 6.07) is 20.5. The van der Waals surface area contributed by atoms with E-state index in [0.717, 1.165) is 11.3 Å². The fourth-order valence-corrected chi connectivity index (χ4v) is 2.90. The lowest BCUT2D eigenvalue weighted by molar-refractivity contribution is 0.102. The molecular formula is C23H24N2O4. The van der Waals surface area contributed by atoms with Crippen molar-refractivity contribution >= 4 is 17.3 Å². The van der Waals surface area contributed by atoms with Crippen molar-refractivity contribution in [2.45, 2.75) is 6.54 Å². The fourth-order valence-electron chi connectivity index (χ4n) is 2.90. The maximum atomic E-state index is 12.5. The normalized spacial score (nSPS) is 10.2. The van der Waals surface area contributed by atoms with Crippen molar-refractivity contribution in [3.8, 4) is 17.2 Å². The molecular weight excluding hydrogens is 368 g/mol. The first-order chi connectivity index (χ1) is 14.1. The van der Waals surface area contributed by atoms with Crippen LogP contribution in [-0.4, -0.2) is 27.2 Å². The molecule has 6 heteroatoms. The molecule has 3 rings (SSSR count). The highest BCUT2D eigenvalue weighted by Crippen LogP contribution is 2.28. The van der Waals surface area contributed by atoms with Gasteiger partial charge in [-0.05, 0) is 54.1 Å². The van der Waals surface area contributed by atoms with E-state index in [4.69, 9.17) is 14.2 Å². The third-order valence-electron chi connectivity index (χ3n) is 4.44. The van der Waals surface area contributed by atoms with Crippen LogP contribution in [0, 0.1) is 0 Å². The summed E-state index contributed by atoms with van der Waals surface area (Å²) in [6.45, 7) is 0.632. The molecule has 1 amide bonds. The highest BCUT2D eigenvalue weighted by molar-refractivity contribution is 6.06. The van der Waals surface area contributed by atoms with Gasteiger partial charge in [-0.2, -0.15) is 0 Å². The lowest BCUT2D eigenvalue weighted by Crippen LogP contribution is -2.13. The molecule has 0 fully saturated rings. The highest BCUT2D eigenvalue weighted by atomic mass is 16.5. The molecule has 0 aliphatic heterocycles. The predicted octanol–water partition coefficient (Wildman–Crippen LogP) is 4.58. The molecule has 0 aliphatic rings. The Balaban J connectivity index is 1.61. The second kappa shape index (κ2) is 9.50. The number of amides is 1. The van der Waals surface area contributed by atoms with Gasteiger partial charge in [-0.1, -0.05) is 18.2 Å². The number of hydrogen-bond donors (Lipinski definition) is 2. The molecule has 0 aromatic heterocycles. The monoisotopic (exact) mass is 392 g/mol. The molecule has 0 radical (unpaired) electrons. The van der Waals surface area contributed by atoms with Crippen LogP contribution >= 0.6 is 0 Å². The zero-order valence-corrected chi connectivity index (χ0v) is 16.7. The van der Waals surface area contributed by atoms with Crippen molar-refractivity contribution in [2.24, 2.45) is 0 Å². The van der Waals surface area contributed by atoms with Gasteiger partial charge in [0.2, 0.25) is 0 Å². The van der Waals surface area contributed by atoms with Gasteiger partial charge in [-0.3, -0.25) is 4.79 Å². The number of para-hydroxylation sites is 1. The van der Waals surface area contributed by atoms with Gasteiger partial charge in [-0.25, -0.2) is 0 Å². The summed E-state index contributed by atoms with van der Waals surface area (Å²) >= 11 is 0. The first kappa shape index (κ1) is 20.1. The third-order valence-corrected chi connectivity index (χ3v) is 4.44. The Hall–Kier alpha value is -3.67. The molecule has 2 N–H and O–H groups in total. The smallest absolute Gasteiger partial charge is 0.259 e. The predicted molar refractivity (Wildman–Crippen MR) is 114 cm³/mol. The van der Waals surface area contributed by atoms with Crippen LogP contribution < -0.4 is 24.8 Å². The van der Waals surface area contributed by atoms with E-state index in [2.05, 4.69) is 10.6 Å². The Morgan fingerprint density at radius 1 is 0.759 bits per heavy atom. The third kappa shape index (κ3) is 4.99. The minimum atomic E-state index is -0.214. The zero-order chi connectivity index (χ0) is 20.6. The number of hydrogen-bond acceptors (Lipinski definition) is 5.